The molecule has 0 fully saturated rings. The third kappa shape index (κ3) is 4.48. The van der Waals surface area contributed by atoms with Gasteiger partial charge in [0.1, 0.15) is 0 Å². The lowest BCUT2D eigenvalue weighted by Gasteiger charge is -2.27. The molecule has 5 heteroatoms. The van der Waals surface area contributed by atoms with E-state index in [2.05, 4.69) is 0 Å². The van der Waals surface area contributed by atoms with Gasteiger partial charge in [-0.25, -0.2) is 0 Å². The Bertz CT molecular complexity index is 1030. The summed E-state index contributed by atoms with van der Waals surface area (Å²) in [6.45, 7) is 13.9. The second-order valence-electron chi connectivity index (χ2n) is 8.13. The molecule has 0 saturated carbocycles. The molecule has 0 spiro atoms. The predicted molar refractivity (Wildman–Crippen MR) is 123 cm³/mol. The molecule has 1 radical (unpaired) electrons. The van der Waals surface area contributed by atoms with E-state index in [0.29, 0.717) is 0 Å². The Kier molecular flexibility index (Phi) is 6.18. The maximum atomic E-state index is 13.2. The van der Waals surface area contributed by atoms with Gasteiger partial charge in [0, 0.05) is 0 Å². The predicted octanol–water partition coefficient (Wildman–Crippen LogP) is 6.73. The largest absolute Gasteiger partial charge is 0.453 e. The molecule has 0 aliphatic rings. The van der Waals surface area contributed by atoms with Gasteiger partial charge >= 0.3 is 10.5 Å². The highest BCUT2D eigenvalue weighted by atomic mass is 32.3. The van der Waals surface area contributed by atoms with Crippen LogP contribution in [0.25, 0.3) is 0 Å². The first-order valence-corrected chi connectivity index (χ1v) is 11.4. The van der Waals surface area contributed by atoms with Crippen molar-refractivity contribution in [2.24, 2.45) is 0 Å². The van der Waals surface area contributed by atoms with E-state index >= 15 is 0 Å². The number of aryl methyl sites for hydroxylation is 7. The molecule has 1 atom stereocenters. The fourth-order valence-electron chi connectivity index (χ4n) is 4.02. The SMILES string of the molecule is Cc1ccc([S+]([O])(=O)ON(c2c(C)cc(C)cc2C)c2c(C)cc(C)cc2C)cc1. The minimum absolute atomic E-state index is 0.128. The van der Waals surface area contributed by atoms with Crippen LogP contribution < -0.4 is 5.06 Å². The van der Waals surface area contributed by atoms with Crippen LogP contribution in [0.3, 0.4) is 0 Å². The molecule has 0 aliphatic heterocycles. The van der Waals surface area contributed by atoms with Crippen LogP contribution in [0.2, 0.25) is 0 Å². The van der Waals surface area contributed by atoms with Crippen LogP contribution in [-0.4, -0.2) is 0 Å². The number of hydrogen-bond donors (Lipinski definition) is 0. The van der Waals surface area contributed by atoms with E-state index < -0.39 is 10.5 Å². The van der Waals surface area contributed by atoms with Gasteiger partial charge in [-0.1, -0.05) is 53.1 Å². The van der Waals surface area contributed by atoms with E-state index in [0.717, 1.165) is 50.3 Å². The highest BCUT2D eigenvalue weighted by molar-refractivity contribution is 7.93. The maximum absolute atomic E-state index is 13.2. The van der Waals surface area contributed by atoms with E-state index in [-0.39, 0.29) is 4.90 Å². The number of anilines is 2. The molecule has 30 heavy (non-hydrogen) atoms. The zero-order chi connectivity index (χ0) is 22.2. The monoisotopic (exact) mass is 423 g/mol. The summed E-state index contributed by atoms with van der Waals surface area (Å²) in [5, 5.41) is 1.49. The fourth-order valence-corrected chi connectivity index (χ4v) is 4.92. The number of nitrogens with zero attached hydrogens (tertiary/aromatic N) is 1. The molecular weight excluding hydrogens is 394 g/mol. The molecule has 0 N–H and O–H groups in total. The summed E-state index contributed by atoms with van der Waals surface area (Å²) in [7, 11) is -4.03. The van der Waals surface area contributed by atoms with Crippen molar-refractivity contribution in [2.75, 3.05) is 5.06 Å². The molecule has 1 unspecified atom stereocenters. The lowest BCUT2D eigenvalue weighted by atomic mass is 10.0. The Balaban J connectivity index is 2.21. The van der Waals surface area contributed by atoms with Crippen LogP contribution in [0.1, 0.15) is 38.9 Å². The van der Waals surface area contributed by atoms with Gasteiger partial charge in [-0.3, -0.25) is 0 Å². The highest BCUT2D eigenvalue weighted by Crippen LogP contribution is 2.39. The third-order valence-electron chi connectivity index (χ3n) is 5.16. The Morgan fingerprint density at radius 2 is 1.00 bits per heavy atom. The first-order chi connectivity index (χ1) is 14.0. The van der Waals surface area contributed by atoms with Gasteiger partial charge in [-0.2, -0.15) is 5.06 Å². The number of benzene rings is 3. The van der Waals surface area contributed by atoms with Gasteiger partial charge in [0.25, 0.3) is 0 Å². The minimum atomic E-state index is -4.03. The summed E-state index contributed by atoms with van der Waals surface area (Å²) in [6.07, 6.45) is 0. The van der Waals surface area contributed by atoms with E-state index in [4.69, 9.17) is 4.28 Å². The van der Waals surface area contributed by atoms with Crippen LogP contribution in [0.15, 0.2) is 53.4 Å². The summed E-state index contributed by atoms with van der Waals surface area (Å²) in [6, 6.07) is 14.8. The van der Waals surface area contributed by atoms with Crippen LogP contribution >= 0.6 is 0 Å². The van der Waals surface area contributed by atoms with E-state index in [1.54, 1.807) is 24.3 Å². The standard InChI is InChI=1S/C25H29NO3S/c1-16-8-10-23(11-9-16)30(27,28)29-26(24-19(4)12-17(2)13-20(24)5)25-21(6)14-18(3)15-22(25)7/h8-15H,1-7H3/q+1. The Morgan fingerprint density at radius 3 is 1.37 bits per heavy atom. The lowest BCUT2D eigenvalue weighted by Crippen LogP contribution is -2.28. The highest BCUT2D eigenvalue weighted by Gasteiger charge is 2.40. The van der Waals surface area contributed by atoms with Crippen molar-refractivity contribution < 1.29 is 13.0 Å². The molecule has 157 valence electrons. The van der Waals surface area contributed by atoms with Crippen molar-refractivity contribution in [1.29, 1.82) is 0 Å². The quantitative estimate of drug-likeness (QED) is 0.337. The zero-order valence-corrected chi connectivity index (χ0v) is 19.5. The summed E-state index contributed by atoms with van der Waals surface area (Å²) in [5.74, 6) is 0. The van der Waals surface area contributed by atoms with Crippen molar-refractivity contribution in [2.45, 2.75) is 53.4 Å². The normalized spacial score (nSPS) is 13.2. The summed E-state index contributed by atoms with van der Waals surface area (Å²) in [4.78, 5) is 0.128. The van der Waals surface area contributed by atoms with Crippen LogP contribution in [0.5, 0.6) is 0 Å². The van der Waals surface area contributed by atoms with Gasteiger partial charge < -0.3 is 0 Å². The second-order valence-corrected chi connectivity index (χ2v) is 9.66. The number of rotatable bonds is 5. The number of hydrogen-bond acceptors (Lipinski definition) is 3. The molecular formula is C25H29NO3S+. The average Bonchev–Trinajstić information content (AvgIpc) is 2.59. The van der Waals surface area contributed by atoms with Gasteiger partial charge in [0.15, 0.2) is 0 Å². The minimum Gasteiger partial charge on any atom is -0.168 e. The molecule has 0 saturated heterocycles. The molecule has 0 heterocycles. The fraction of sp³-hybridized carbons (Fsp3) is 0.280. The van der Waals surface area contributed by atoms with Crippen molar-refractivity contribution >= 4 is 21.9 Å². The lowest BCUT2D eigenvalue weighted by molar-refractivity contribution is 0.256. The summed E-state index contributed by atoms with van der Waals surface area (Å²) < 4.78 is 32.3. The molecule has 0 amide bonds. The molecule has 0 aliphatic carbocycles. The van der Waals surface area contributed by atoms with Crippen molar-refractivity contribution in [3.8, 4) is 0 Å². The first kappa shape index (κ1) is 22.2. The maximum Gasteiger partial charge on any atom is 0.453 e. The molecule has 0 aromatic heterocycles. The van der Waals surface area contributed by atoms with E-state index in [1.165, 1.54) is 5.06 Å². The van der Waals surface area contributed by atoms with E-state index in [9.17, 15) is 8.76 Å². The van der Waals surface area contributed by atoms with Crippen molar-refractivity contribution in [3.63, 3.8) is 0 Å². The van der Waals surface area contributed by atoms with Crippen LogP contribution in [0.4, 0.5) is 11.4 Å². The smallest absolute Gasteiger partial charge is 0.168 e. The van der Waals surface area contributed by atoms with Gasteiger partial charge in [0.05, 0.1) is 15.9 Å². The zero-order valence-electron chi connectivity index (χ0n) is 18.7. The third-order valence-corrected chi connectivity index (χ3v) is 6.35. The van der Waals surface area contributed by atoms with Gasteiger partial charge in [-0.05, 0) is 91.3 Å². The summed E-state index contributed by atoms with van der Waals surface area (Å²) >= 11 is 0. The molecule has 0 bridgehead atoms. The Hall–Kier alpha value is -2.47. The molecule has 4 nitrogen and oxygen atoms in total. The van der Waals surface area contributed by atoms with E-state index in [1.807, 2.05) is 72.7 Å². The van der Waals surface area contributed by atoms with Crippen LogP contribution in [0, 0.1) is 48.5 Å². The summed E-state index contributed by atoms with van der Waals surface area (Å²) in [5.41, 5.74) is 8.51. The molecule has 3 aromatic rings. The van der Waals surface area contributed by atoms with Gasteiger partial charge in [-0.15, -0.1) is 0 Å². The topological polar surface area (TPSA) is 49.4 Å². The average molecular weight is 424 g/mol. The Labute approximate surface area is 180 Å². The van der Waals surface area contributed by atoms with Crippen LogP contribution in [-0.2, 0) is 23.5 Å². The van der Waals surface area contributed by atoms with Gasteiger partial charge in [0.2, 0.25) is 4.90 Å². The molecule has 3 aromatic carbocycles. The molecule has 3 rings (SSSR count). The van der Waals surface area contributed by atoms with Crippen molar-refractivity contribution in [1.82, 2.24) is 0 Å². The first-order valence-electron chi connectivity index (χ1n) is 9.96. The second kappa shape index (κ2) is 8.34. The Morgan fingerprint density at radius 1 is 0.633 bits per heavy atom. The van der Waals surface area contributed by atoms with Crippen molar-refractivity contribution in [3.05, 3.63) is 87.5 Å².